The van der Waals surface area contributed by atoms with Gasteiger partial charge in [-0.2, -0.15) is 0 Å². The van der Waals surface area contributed by atoms with Crippen molar-refractivity contribution in [3.05, 3.63) is 12.2 Å². The van der Waals surface area contributed by atoms with Crippen LogP contribution >= 0.6 is 0 Å². The fourth-order valence-corrected chi connectivity index (χ4v) is 2.21. The van der Waals surface area contributed by atoms with Crippen molar-refractivity contribution in [2.45, 2.75) is 26.2 Å². The predicted molar refractivity (Wildman–Crippen MR) is 60.7 cm³/mol. The minimum absolute atomic E-state index is 0.242. The second kappa shape index (κ2) is 4.69. The summed E-state index contributed by atoms with van der Waals surface area (Å²) in [7, 11) is 0. The summed E-state index contributed by atoms with van der Waals surface area (Å²) in [6, 6.07) is 0.242. The van der Waals surface area contributed by atoms with Crippen molar-refractivity contribution in [2.75, 3.05) is 26.2 Å². The molecular weight excluding hydrogens is 188 g/mol. The van der Waals surface area contributed by atoms with Crippen LogP contribution in [0.15, 0.2) is 12.2 Å². The van der Waals surface area contributed by atoms with E-state index in [0.29, 0.717) is 0 Å². The third kappa shape index (κ3) is 2.52. The molecule has 0 radical (unpaired) electrons. The molecule has 0 atom stereocenters. The minimum Gasteiger partial charge on any atom is -0.325 e. The molecule has 1 fully saturated rings. The van der Waals surface area contributed by atoms with Gasteiger partial charge >= 0.3 is 6.03 Å². The van der Waals surface area contributed by atoms with E-state index >= 15 is 0 Å². The summed E-state index contributed by atoms with van der Waals surface area (Å²) in [6.45, 7) is 5.85. The third-order valence-corrected chi connectivity index (χ3v) is 3.38. The summed E-state index contributed by atoms with van der Waals surface area (Å²) >= 11 is 0. The zero-order valence-corrected chi connectivity index (χ0v) is 9.48. The van der Waals surface area contributed by atoms with Gasteiger partial charge in [0, 0.05) is 26.2 Å². The van der Waals surface area contributed by atoms with Crippen LogP contribution in [-0.2, 0) is 0 Å². The number of carbonyl (C=O) groups excluding carboxylic acids is 1. The molecule has 15 heavy (non-hydrogen) atoms. The van der Waals surface area contributed by atoms with Gasteiger partial charge in [0.15, 0.2) is 0 Å². The van der Waals surface area contributed by atoms with E-state index in [1.54, 1.807) is 0 Å². The van der Waals surface area contributed by atoms with E-state index < -0.39 is 0 Å². The smallest absolute Gasteiger partial charge is 0.320 e. The van der Waals surface area contributed by atoms with Gasteiger partial charge < -0.3 is 9.80 Å². The Labute approximate surface area is 91.7 Å². The topological polar surface area (TPSA) is 23.6 Å². The van der Waals surface area contributed by atoms with Crippen LogP contribution in [0.3, 0.4) is 0 Å². The Morgan fingerprint density at radius 1 is 1.13 bits per heavy atom. The average molecular weight is 208 g/mol. The van der Waals surface area contributed by atoms with Gasteiger partial charge in [-0.25, -0.2) is 4.79 Å². The number of likely N-dealkylation sites (tertiary alicyclic amines) is 1. The van der Waals surface area contributed by atoms with Crippen LogP contribution in [0.2, 0.25) is 0 Å². The van der Waals surface area contributed by atoms with Crippen molar-refractivity contribution < 1.29 is 4.79 Å². The van der Waals surface area contributed by atoms with Gasteiger partial charge in [0.1, 0.15) is 0 Å². The largest absolute Gasteiger partial charge is 0.325 e. The van der Waals surface area contributed by atoms with Crippen LogP contribution < -0.4 is 0 Å². The maximum absolute atomic E-state index is 12.1. The van der Waals surface area contributed by atoms with Crippen LogP contribution in [0, 0.1) is 5.92 Å². The highest BCUT2D eigenvalue weighted by molar-refractivity contribution is 5.74. The number of hydrogen-bond donors (Lipinski definition) is 0. The standard InChI is InChI=1S/C12H20N2O/c1-11-5-9-14(10-6-11)12(15)13-7-3-2-4-8-13/h2-3,11H,4-10H2,1H3. The van der Waals surface area contributed by atoms with Gasteiger partial charge in [-0.1, -0.05) is 19.1 Å². The lowest BCUT2D eigenvalue weighted by Crippen LogP contribution is -2.47. The molecule has 0 aromatic carbocycles. The number of rotatable bonds is 0. The van der Waals surface area contributed by atoms with Crippen molar-refractivity contribution in [1.82, 2.24) is 9.80 Å². The van der Waals surface area contributed by atoms with Crippen molar-refractivity contribution in [2.24, 2.45) is 5.92 Å². The molecule has 0 unspecified atom stereocenters. The first-order valence-corrected chi connectivity index (χ1v) is 5.96. The van der Waals surface area contributed by atoms with Crippen LogP contribution in [0.5, 0.6) is 0 Å². The molecule has 0 bridgehead atoms. The lowest BCUT2D eigenvalue weighted by atomic mass is 9.99. The first kappa shape index (κ1) is 10.5. The van der Waals surface area contributed by atoms with Gasteiger partial charge in [0.2, 0.25) is 0 Å². The molecule has 3 nitrogen and oxygen atoms in total. The molecule has 0 aromatic rings. The Kier molecular flexibility index (Phi) is 3.29. The number of carbonyl (C=O) groups is 1. The summed E-state index contributed by atoms with van der Waals surface area (Å²) in [5.41, 5.74) is 0. The fourth-order valence-electron chi connectivity index (χ4n) is 2.21. The maximum Gasteiger partial charge on any atom is 0.320 e. The molecule has 2 aliphatic heterocycles. The number of piperidine rings is 1. The Bertz CT molecular complexity index is 254. The van der Waals surface area contributed by atoms with E-state index in [-0.39, 0.29) is 6.03 Å². The molecule has 0 N–H and O–H groups in total. The first-order chi connectivity index (χ1) is 7.27. The van der Waals surface area contributed by atoms with E-state index in [4.69, 9.17) is 0 Å². The van der Waals surface area contributed by atoms with Crippen LogP contribution in [0.4, 0.5) is 4.79 Å². The molecule has 0 aliphatic carbocycles. The zero-order chi connectivity index (χ0) is 10.7. The van der Waals surface area contributed by atoms with E-state index in [1.807, 2.05) is 9.80 Å². The summed E-state index contributed by atoms with van der Waals surface area (Å²) in [5.74, 6) is 0.787. The summed E-state index contributed by atoms with van der Waals surface area (Å²) in [5, 5.41) is 0. The van der Waals surface area contributed by atoms with Crippen molar-refractivity contribution >= 4 is 6.03 Å². The number of hydrogen-bond acceptors (Lipinski definition) is 1. The third-order valence-electron chi connectivity index (χ3n) is 3.38. The van der Waals surface area contributed by atoms with E-state index in [2.05, 4.69) is 19.1 Å². The molecular formula is C12H20N2O. The molecule has 84 valence electrons. The lowest BCUT2D eigenvalue weighted by Gasteiger charge is -2.35. The SMILES string of the molecule is CC1CCN(C(=O)N2CC=CCC2)CC1. The Hall–Kier alpha value is -0.990. The summed E-state index contributed by atoms with van der Waals surface area (Å²) < 4.78 is 0. The molecule has 2 aliphatic rings. The molecule has 3 heteroatoms. The van der Waals surface area contributed by atoms with Gasteiger partial charge in [-0.05, 0) is 25.2 Å². The molecule has 2 heterocycles. The lowest BCUT2D eigenvalue weighted by molar-refractivity contribution is 0.138. The number of nitrogens with zero attached hydrogens (tertiary/aromatic N) is 2. The van der Waals surface area contributed by atoms with Crippen LogP contribution in [-0.4, -0.2) is 42.0 Å². The second-order valence-corrected chi connectivity index (χ2v) is 4.66. The molecule has 0 saturated carbocycles. The van der Waals surface area contributed by atoms with Gasteiger partial charge in [-0.3, -0.25) is 0 Å². The molecule has 0 spiro atoms. The maximum atomic E-state index is 12.1. The van der Waals surface area contributed by atoms with Crippen LogP contribution in [0.25, 0.3) is 0 Å². The van der Waals surface area contributed by atoms with Gasteiger partial charge in [0.25, 0.3) is 0 Å². The highest BCUT2D eigenvalue weighted by Gasteiger charge is 2.24. The number of amides is 2. The monoisotopic (exact) mass is 208 g/mol. The quantitative estimate of drug-likeness (QED) is 0.559. The zero-order valence-electron chi connectivity index (χ0n) is 9.48. The fraction of sp³-hybridized carbons (Fsp3) is 0.750. The predicted octanol–water partition coefficient (Wildman–Crippen LogP) is 2.10. The van der Waals surface area contributed by atoms with Crippen molar-refractivity contribution in [1.29, 1.82) is 0 Å². The molecule has 2 amide bonds. The Morgan fingerprint density at radius 3 is 2.47 bits per heavy atom. The van der Waals surface area contributed by atoms with E-state index in [0.717, 1.165) is 51.4 Å². The highest BCUT2D eigenvalue weighted by atomic mass is 16.2. The molecule has 0 aromatic heterocycles. The Morgan fingerprint density at radius 2 is 1.87 bits per heavy atom. The van der Waals surface area contributed by atoms with Gasteiger partial charge in [0.05, 0.1) is 0 Å². The second-order valence-electron chi connectivity index (χ2n) is 4.66. The highest BCUT2D eigenvalue weighted by Crippen LogP contribution is 2.17. The average Bonchev–Trinajstić information content (AvgIpc) is 2.30. The first-order valence-electron chi connectivity index (χ1n) is 5.96. The minimum atomic E-state index is 0.242. The molecule has 1 saturated heterocycles. The normalized spacial score (nSPS) is 23.3. The summed E-state index contributed by atoms with van der Waals surface area (Å²) in [4.78, 5) is 16.0. The Balaban J connectivity index is 1.87. The summed E-state index contributed by atoms with van der Waals surface area (Å²) in [6.07, 6.45) is 7.58. The molecule has 2 rings (SSSR count). The van der Waals surface area contributed by atoms with Crippen LogP contribution in [0.1, 0.15) is 26.2 Å². The van der Waals surface area contributed by atoms with Crippen molar-refractivity contribution in [3.8, 4) is 0 Å². The van der Waals surface area contributed by atoms with E-state index in [9.17, 15) is 4.79 Å². The van der Waals surface area contributed by atoms with E-state index in [1.165, 1.54) is 0 Å². The van der Waals surface area contributed by atoms with Crippen molar-refractivity contribution in [3.63, 3.8) is 0 Å². The number of urea groups is 1. The van der Waals surface area contributed by atoms with Gasteiger partial charge in [-0.15, -0.1) is 0 Å².